The third kappa shape index (κ3) is 4.38. The fourth-order valence-corrected chi connectivity index (χ4v) is 4.25. The smallest absolute Gasteiger partial charge is 0.359 e. The third-order valence-electron chi connectivity index (χ3n) is 5.21. The standard InChI is InChI=1S/C18H28N3O8P/c1-5-11(29-30(26,27)18(3,4)25)7-12-13(22)14(23)16(28-12)21-8-10-6-9(2)19-15(10)20-17(21)24/h6,8,11-14,16,22-23,25H,5,7H2,1-4H3,(H,26,27)(H,19,20,24)/t11?,12-,13-,14-,16?/m1/s1. The van der Waals surface area contributed by atoms with Gasteiger partial charge in [0.05, 0.1) is 12.2 Å². The summed E-state index contributed by atoms with van der Waals surface area (Å²) in [7, 11) is -4.36. The second-order valence-corrected chi connectivity index (χ2v) is 10.5. The first-order valence-corrected chi connectivity index (χ1v) is 11.3. The number of H-pyrrole nitrogens is 1. The van der Waals surface area contributed by atoms with Crippen LogP contribution < -0.4 is 5.69 Å². The minimum Gasteiger partial charge on any atom is -0.388 e. The summed E-state index contributed by atoms with van der Waals surface area (Å²) < 4.78 is 24.3. The van der Waals surface area contributed by atoms with Gasteiger partial charge in [-0.3, -0.25) is 9.13 Å². The maximum Gasteiger partial charge on any atom is 0.359 e. The number of hydrogen-bond acceptors (Lipinski definition) is 8. The van der Waals surface area contributed by atoms with Crippen LogP contribution in [0.3, 0.4) is 0 Å². The van der Waals surface area contributed by atoms with Crippen molar-refractivity contribution in [3.05, 3.63) is 28.4 Å². The topological polar surface area (TPSA) is 167 Å². The summed E-state index contributed by atoms with van der Waals surface area (Å²) in [4.78, 5) is 29.3. The molecule has 3 rings (SSSR count). The Balaban J connectivity index is 1.80. The number of rotatable bonds is 7. The SMILES string of the molecule is CCC(C[C@H]1OC(n2cc3cc(C)[nH]c3nc2=O)[C@H](O)[C@@H]1O)OP(=O)(O)C(C)(C)O. The molecular weight excluding hydrogens is 417 g/mol. The Bertz CT molecular complexity index is 1010. The predicted molar refractivity (Wildman–Crippen MR) is 107 cm³/mol. The largest absolute Gasteiger partial charge is 0.388 e. The van der Waals surface area contributed by atoms with Gasteiger partial charge in [-0.25, -0.2) is 4.79 Å². The molecule has 1 aliphatic rings. The number of ether oxygens (including phenoxy) is 1. The Kier molecular flexibility index (Phi) is 6.28. The van der Waals surface area contributed by atoms with Crippen LogP contribution in [0.5, 0.6) is 0 Å². The Morgan fingerprint density at radius 2 is 2.07 bits per heavy atom. The Hall–Kier alpha value is -1.59. The van der Waals surface area contributed by atoms with Gasteiger partial charge in [-0.05, 0) is 33.3 Å². The van der Waals surface area contributed by atoms with Crippen molar-refractivity contribution in [2.24, 2.45) is 0 Å². The Labute approximate surface area is 172 Å². The number of aryl methyl sites for hydroxylation is 1. The van der Waals surface area contributed by atoms with Crippen molar-refractivity contribution >= 4 is 18.6 Å². The zero-order valence-corrected chi connectivity index (χ0v) is 18.1. The Morgan fingerprint density at radius 1 is 1.40 bits per heavy atom. The number of hydrogen-bond donors (Lipinski definition) is 5. The maximum absolute atomic E-state index is 12.4. The fraction of sp³-hybridized carbons (Fsp3) is 0.667. The van der Waals surface area contributed by atoms with Gasteiger partial charge < -0.3 is 34.5 Å². The van der Waals surface area contributed by atoms with Gasteiger partial charge in [-0.1, -0.05) is 6.92 Å². The molecule has 0 aliphatic carbocycles. The molecule has 1 fully saturated rings. The molecule has 168 valence electrons. The second-order valence-electron chi connectivity index (χ2n) is 8.12. The van der Waals surface area contributed by atoms with E-state index in [1.54, 1.807) is 13.0 Å². The number of aliphatic hydroxyl groups excluding tert-OH is 2. The molecule has 1 saturated heterocycles. The van der Waals surface area contributed by atoms with Crippen molar-refractivity contribution in [2.45, 2.75) is 76.5 Å². The first-order chi connectivity index (χ1) is 13.8. The van der Waals surface area contributed by atoms with Crippen LogP contribution in [0.25, 0.3) is 11.0 Å². The molecule has 11 nitrogen and oxygen atoms in total. The molecule has 2 aromatic heterocycles. The normalized spacial score (nSPS) is 28.0. The van der Waals surface area contributed by atoms with E-state index in [9.17, 15) is 29.6 Å². The summed E-state index contributed by atoms with van der Waals surface area (Å²) in [6.45, 7) is 5.86. The molecule has 0 bridgehead atoms. The van der Waals surface area contributed by atoms with E-state index in [4.69, 9.17) is 9.26 Å². The number of aliphatic hydroxyl groups is 3. The van der Waals surface area contributed by atoms with Gasteiger partial charge in [-0.2, -0.15) is 4.98 Å². The molecule has 0 saturated carbocycles. The summed E-state index contributed by atoms with van der Waals surface area (Å²) in [6.07, 6.45) is -4.00. The van der Waals surface area contributed by atoms with Gasteiger partial charge in [0.2, 0.25) is 0 Å². The van der Waals surface area contributed by atoms with Crippen molar-refractivity contribution in [2.75, 3.05) is 0 Å². The molecule has 0 aromatic carbocycles. The van der Waals surface area contributed by atoms with Crippen LogP contribution in [0.4, 0.5) is 0 Å². The van der Waals surface area contributed by atoms with Gasteiger partial charge in [-0.15, -0.1) is 0 Å². The van der Waals surface area contributed by atoms with Crippen LogP contribution in [0.1, 0.15) is 45.5 Å². The van der Waals surface area contributed by atoms with E-state index in [0.717, 1.165) is 10.3 Å². The van der Waals surface area contributed by atoms with Crippen LogP contribution in [-0.2, 0) is 13.8 Å². The highest BCUT2D eigenvalue weighted by atomic mass is 31.2. The number of nitrogens with one attached hydrogen (secondary N) is 1. The van der Waals surface area contributed by atoms with E-state index in [-0.39, 0.29) is 6.42 Å². The quantitative estimate of drug-likeness (QED) is 0.386. The lowest BCUT2D eigenvalue weighted by atomic mass is 10.0. The summed E-state index contributed by atoms with van der Waals surface area (Å²) in [5, 5.41) is 29.5. The molecule has 3 heterocycles. The van der Waals surface area contributed by atoms with Crippen LogP contribution in [0.15, 0.2) is 17.1 Å². The van der Waals surface area contributed by atoms with Gasteiger partial charge in [0.15, 0.2) is 11.6 Å². The molecule has 0 radical (unpaired) electrons. The third-order valence-corrected chi connectivity index (χ3v) is 7.18. The van der Waals surface area contributed by atoms with E-state index in [1.807, 2.05) is 6.92 Å². The molecule has 3 unspecified atom stereocenters. The zero-order chi connectivity index (χ0) is 22.4. The Morgan fingerprint density at radius 3 is 2.67 bits per heavy atom. The van der Waals surface area contributed by atoms with Crippen molar-refractivity contribution in [1.29, 1.82) is 0 Å². The molecule has 0 amide bonds. The minimum absolute atomic E-state index is 0.0282. The van der Waals surface area contributed by atoms with Crippen molar-refractivity contribution in [3.63, 3.8) is 0 Å². The van der Waals surface area contributed by atoms with Crippen molar-refractivity contribution in [1.82, 2.24) is 14.5 Å². The van der Waals surface area contributed by atoms with E-state index in [0.29, 0.717) is 17.5 Å². The molecule has 1 aliphatic heterocycles. The monoisotopic (exact) mass is 445 g/mol. The highest BCUT2D eigenvalue weighted by Crippen LogP contribution is 2.55. The van der Waals surface area contributed by atoms with Crippen LogP contribution >= 0.6 is 7.60 Å². The number of fused-ring (bicyclic) bond motifs is 1. The molecule has 2 aromatic rings. The fourth-order valence-electron chi connectivity index (χ4n) is 3.36. The average molecular weight is 445 g/mol. The van der Waals surface area contributed by atoms with Crippen LogP contribution in [-0.4, -0.2) is 64.5 Å². The molecule has 6 atom stereocenters. The van der Waals surface area contributed by atoms with Crippen LogP contribution in [0.2, 0.25) is 0 Å². The predicted octanol–water partition coefficient (Wildman–Crippen LogP) is 0.751. The molecule has 0 spiro atoms. The number of aromatic amines is 1. The lowest BCUT2D eigenvalue weighted by Crippen LogP contribution is -2.36. The lowest BCUT2D eigenvalue weighted by Gasteiger charge is -2.29. The molecular formula is C18H28N3O8P. The van der Waals surface area contributed by atoms with Crippen molar-refractivity contribution < 1.29 is 34.0 Å². The van der Waals surface area contributed by atoms with E-state index in [1.165, 1.54) is 20.0 Å². The van der Waals surface area contributed by atoms with E-state index in [2.05, 4.69) is 9.97 Å². The van der Waals surface area contributed by atoms with Gasteiger partial charge in [0.1, 0.15) is 17.9 Å². The summed E-state index contributed by atoms with van der Waals surface area (Å²) in [5.74, 6) is 0. The summed E-state index contributed by atoms with van der Waals surface area (Å²) in [5.41, 5.74) is 0.554. The van der Waals surface area contributed by atoms with Crippen LogP contribution in [0, 0.1) is 6.92 Å². The summed E-state index contributed by atoms with van der Waals surface area (Å²) >= 11 is 0. The second kappa shape index (κ2) is 8.16. The molecule has 5 N–H and O–H groups in total. The van der Waals surface area contributed by atoms with E-state index >= 15 is 0 Å². The highest BCUT2D eigenvalue weighted by Gasteiger charge is 2.46. The maximum atomic E-state index is 12.4. The van der Waals surface area contributed by atoms with Gasteiger partial charge in [0, 0.05) is 23.7 Å². The number of nitrogens with zero attached hydrogens (tertiary/aromatic N) is 2. The minimum atomic E-state index is -4.36. The first-order valence-electron chi connectivity index (χ1n) is 9.68. The first kappa shape index (κ1) is 23.1. The molecule has 30 heavy (non-hydrogen) atoms. The van der Waals surface area contributed by atoms with Crippen molar-refractivity contribution in [3.8, 4) is 0 Å². The molecule has 12 heteroatoms. The van der Waals surface area contributed by atoms with Gasteiger partial charge >= 0.3 is 13.3 Å². The zero-order valence-electron chi connectivity index (χ0n) is 17.2. The summed E-state index contributed by atoms with van der Waals surface area (Å²) in [6, 6.07) is 1.78. The lowest BCUT2D eigenvalue weighted by molar-refractivity contribution is -0.0524. The average Bonchev–Trinajstić information content (AvgIpc) is 3.12. The highest BCUT2D eigenvalue weighted by molar-refractivity contribution is 7.54. The number of aromatic nitrogens is 3. The van der Waals surface area contributed by atoms with E-state index < -0.39 is 49.3 Å². The van der Waals surface area contributed by atoms with Gasteiger partial charge in [0.25, 0.3) is 0 Å².